The average molecular weight is 255 g/mol. The Balaban J connectivity index is 5.19. The molecule has 0 heteroatoms. The predicted octanol–water partition coefficient (Wildman–Crippen LogP) is 6.40. The molecule has 0 aliphatic rings. The number of rotatable bonds is 6. The molecule has 0 saturated carbocycles. The summed E-state index contributed by atoms with van der Waals surface area (Å²) in [5.74, 6) is 3.16. The summed E-state index contributed by atoms with van der Waals surface area (Å²) >= 11 is 0. The minimum atomic E-state index is 0.398. The lowest BCUT2D eigenvalue weighted by Crippen LogP contribution is -2.41. The first-order valence-corrected chi connectivity index (χ1v) is 7.96. The SMILES string of the molecule is CCC(C)C(C)(CC(C)C(C)C)C(C)C(C)(C)C. The first kappa shape index (κ1) is 18.0. The van der Waals surface area contributed by atoms with Gasteiger partial charge in [0.2, 0.25) is 0 Å². The van der Waals surface area contributed by atoms with Gasteiger partial charge in [0.25, 0.3) is 0 Å². The van der Waals surface area contributed by atoms with Crippen LogP contribution in [0.5, 0.6) is 0 Å². The summed E-state index contributed by atoms with van der Waals surface area (Å²) in [4.78, 5) is 0. The summed E-state index contributed by atoms with van der Waals surface area (Å²) in [6.45, 7) is 24.2. The maximum Gasteiger partial charge on any atom is -0.0267 e. The highest BCUT2D eigenvalue weighted by Crippen LogP contribution is 2.50. The van der Waals surface area contributed by atoms with Gasteiger partial charge in [0.05, 0.1) is 0 Å². The van der Waals surface area contributed by atoms with Gasteiger partial charge < -0.3 is 0 Å². The second kappa shape index (κ2) is 6.44. The van der Waals surface area contributed by atoms with Gasteiger partial charge in [0.15, 0.2) is 0 Å². The molecule has 0 rings (SSSR count). The fourth-order valence-corrected chi connectivity index (χ4v) is 3.19. The molecule has 4 unspecified atom stereocenters. The fraction of sp³-hybridized carbons (Fsp3) is 1.00. The van der Waals surface area contributed by atoms with Gasteiger partial charge in [-0.25, -0.2) is 0 Å². The molecule has 0 N–H and O–H groups in total. The molecular weight excluding hydrogens is 216 g/mol. The topological polar surface area (TPSA) is 0 Å². The van der Waals surface area contributed by atoms with Crippen molar-refractivity contribution in [2.24, 2.45) is 34.5 Å². The number of hydrogen-bond acceptors (Lipinski definition) is 0. The molecule has 18 heavy (non-hydrogen) atoms. The van der Waals surface area contributed by atoms with Crippen molar-refractivity contribution >= 4 is 0 Å². The van der Waals surface area contributed by atoms with Crippen molar-refractivity contribution in [1.29, 1.82) is 0 Å². The Kier molecular flexibility index (Phi) is 6.44. The highest BCUT2D eigenvalue weighted by Gasteiger charge is 2.42. The zero-order valence-electron chi connectivity index (χ0n) is 14.7. The van der Waals surface area contributed by atoms with Crippen LogP contribution < -0.4 is 0 Å². The van der Waals surface area contributed by atoms with E-state index in [-0.39, 0.29) is 0 Å². The Bertz CT molecular complexity index is 233. The first-order chi connectivity index (χ1) is 7.96. The van der Waals surface area contributed by atoms with E-state index in [2.05, 4.69) is 69.2 Å². The first-order valence-electron chi connectivity index (χ1n) is 7.96. The lowest BCUT2D eigenvalue weighted by Gasteiger charge is -2.48. The minimum Gasteiger partial charge on any atom is -0.0651 e. The van der Waals surface area contributed by atoms with Gasteiger partial charge >= 0.3 is 0 Å². The normalized spacial score (nSPS) is 21.5. The van der Waals surface area contributed by atoms with Crippen molar-refractivity contribution < 1.29 is 0 Å². The summed E-state index contributed by atoms with van der Waals surface area (Å²) in [5.41, 5.74) is 0.853. The molecule has 0 aromatic heterocycles. The van der Waals surface area contributed by atoms with E-state index in [4.69, 9.17) is 0 Å². The second-order valence-electron chi connectivity index (χ2n) is 8.33. The van der Waals surface area contributed by atoms with Crippen LogP contribution in [-0.2, 0) is 0 Å². The van der Waals surface area contributed by atoms with Crippen LogP contribution in [0.1, 0.15) is 82.1 Å². The third-order valence-corrected chi connectivity index (χ3v) is 5.93. The summed E-state index contributed by atoms with van der Waals surface area (Å²) in [7, 11) is 0. The molecule has 0 nitrogen and oxygen atoms in total. The van der Waals surface area contributed by atoms with Crippen LogP contribution in [0.4, 0.5) is 0 Å². The maximum atomic E-state index is 2.54. The summed E-state index contributed by atoms with van der Waals surface area (Å²) < 4.78 is 0. The molecule has 0 amide bonds. The van der Waals surface area contributed by atoms with Crippen molar-refractivity contribution in [2.75, 3.05) is 0 Å². The fourth-order valence-electron chi connectivity index (χ4n) is 3.19. The Morgan fingerprint density at radius 1 is 0.833 bits per heavy atom. The average Bonchev–Trinajstić information content (AvgIpc) is 2.25. The van der Waals surface area contributed by atoms with E-state index < -0.39 is 0 Å². The molecule has 0 saturated heterocycles. The van der Waals surface area contributed by atoms with Crippen molar-refractivity contribution in [3.05, 3.63) is 0 Å². The van der Waals surface area contributed by atoms with E-state index in [1.165, 1.54) is 12.8 Å². The van der Waals surface area contributed by atoms with E-state index in [1.54, 1.807) is 0 Å². The van der Waals surface area contributed by atoms with Gasteiger partial charge in [-0.15, -0.1) is 0 Å². The second-order valence-corrected chi connectivity index (χ2v) is 8.33. The molecule has 0 radical (unpaired) electrons. The largest absolute Gasteiger partial charge is 0.0651 e. The number of hydrogen-bond donors (Lipinski definition) is 0. The van der Waals surface area contributed by atoms with Crippen LogP contribution in [0.2, 0.25) is 0 Å². The van der Waals surface area contributed by atoms with E-state index in [1.807, 2.05) is 0 Å². The van der Waals surface area contributed by atoms with Gasteiger partial charge in [-0.3, -0.25) is 0 Å². The molecule has 0 bridgehead atoms. The molecule has 0 aromatic carbocycles. The van der Waals surface area contributed by atoms with Crippen LogP contribution in [0.25, 0.3) is 0 Å². The van der Waals surface area contributed by atoms with Crippen molar-refractivity contribution in [1.82, 2.24) is 0 Å². The lowest BCUT2D eigenvalue weighted by atomic mass is 9.57. The van der Waals surface area contributed by atoms with Crippen LogP contribution in [0.3, 0.4) is 0 Å². The van der Waals surface area contributed by atoms with Crippen molar-refractivity contribution in [3.8, 4) is 0 Å². The molecule has 4 atom stereocenters. The van der Waals surface area contributed by atoms with E-state index in [0.717, 1.165) is 23.7 Å². The minimum absolute atomic E-state index is 0.398. The zero-order valence-corrected chi connectivity index (χ0v) is 14.7. The summed E-state index contributed by atoms with van der Waals surface area (Å²) in [5, 5.41) is 0. The smallest absolute Gasteiger partial charge is 0.0267 e. The Morgan fingerprint density at radius 3 is 1.56 bits per heavy atom. The predicted molar refractivity (Wildman–Crippen MR) is 84.8 cm³/mol. The van der Waals surface area contributed by atoms with Crippen molar-refractivity contribution in [2.45, 2.75) is 82.1 Å². The molecule has 0 aliphatic heterocycles. The van der Waals surface area contributed by atoms with Gasteiger partial charge in [-0.1, -0.05) is 75.7 Å². The third-order valence-electron chi connectivity index (χ3n) is 5.93. The Morgan fingerprint density at radius 2 is 1.28 bits per heavy atom. The van der Waals surface area contributed by atoms with Crippen LogP contribution >= 0.6 is 0 Å². The molecule has 110 valence electrons. The quantitative estimate of drug-likeness (QED) is 0.514. The highest BCUT2D eigenvalue weighted by molar-refractivity contribution is 4.91. The van der Waals surface area contributed by atoms with Crippen LogP contribution in [0.15, 0.2) is 0 Å². The Labute approximate surface area is 117 Å². The standard InChI is InChI=1S/C18H38/c1-11-15(5)18(10,12-14(4)13(2)3)16(6)17(7,8)9/h13-16H,11-12H2,1-10H3. The third kappa shape index (κ3) is 4.28. The van der Waals surface area contributed by atoms with Crippen molar-refractivity contribution in [3.63, 3.8) is 0 Å². The van der Waals surface area contributed by atoms with Gasteiger partial charge in [0, 0.05) is 0 Å². The Hall–Kier alpha value is 0. The summed E-state index contributed by atoms with van der Waals surface area (Å²) in [6, 6.07) is 0. The lowest BCUT2D eigenvalue weighted by molar-refractivity contribution is 0.00648. The van der Waals surface area contributed by atoms with E-state index in [9.17, 15) is 0 Å². The zero-order chi connectivity index (χ0) is 14.7. The molecule has 0 spiro atoms. The molecule has 0 aliphatic carbocycles. The maximum absolute atomic E-state index is 2.54. The molecule has 0 aromatic rings. The van der Waals surface area contributed by atoms with E-state index >= 15 is 0 Å². The van der Waals surface area contributed by atoms with Gasteiger partial charge in [0.1, 0.15) is 0 Å². The monoisotopic (exact) mass is 254 g/mol. The molecule has 0 heterocycles. The molecule has 0 fully saturated rings. The van der Waals surface area contributed by atoms with Gasteiger partial charge in [-0.05, 0) is 40.9 Å². The molecular formula is C18H38. The van der Waals surface area contributed by atoms with Gasteiger partial charge in [-0.2, -0.15) is 0 Å². The highest BCUT2D eigenvalue weighted by atomic mass is 14.5. The van der Waals surface area contributed by atoms with Crippen LogP contribution in [0, 0.1) is 34.5 Å². The summed E-state index contributed by atoms with van der Waals surface area (Å²) in [6.07, 6.45) is 2.65. The van der Waals surface area contributed by atoms with E-state index in [0.29, 0.717) is 10.8 Å². The van der Waals surface area contributed by atoms with Crippen LogP contribution in [-0.4, -0.2) is 0 Å².